The van der Waals surface area contributed by atoms with Gasteiger partial charge in [-0.2, -0.15) is 5.26 Å². The number of imidazole rings is 1. The van der Waals surface area contributed by atoms with Crippen LogP contribution < -0.4 is 9.47 Å². The molecule has 8 heteroatoms. The van der Waals surface area contributed by atoms with E-state index in [0.29, 0.717) is 35.1 Å². The van der Waals surface area contributed by atoms with Crippen molar-refractivity contribution >= 4 is 28.4 Å². The van der Waals surface area contributed by atoms with Gasteiger partial charge >= 0.3 is 0 Å². The number of benzene rings is 3. The number of hydrogen-bond acceptors (Lipinski definition) is 6. The van der Waals surface area contributed by atoms with Crippen LogP contribution in [0.15, 0.2) is 60.7 Å². The van der Waals surface area contributed by atoms with E-state index in [1.54, 1.807) is 30.3 Å². The second kappa shape index (κ2) is 9.88. The van der Waals surface area contributed by atoms with Gasteiger partial charge < -0.3 is 14.5 Å². The van der Waals surface area contributed by atoms with E-state index >= 15 is 0 Å². The minimum absolute atomic E-state index is 0.0106. The smallest absolute Gasteiger partial charge is 0.269 e. The van der Waals surface area contributed by atoms with E-state index < -0.39 is 4.92 Å². The van der Waals surface area contributed by atoms with Gasteiger partial charge in [-0.3, -0.25) is 10.1 Å². The Morgan fingerprint density at radius 1 is 1.15 bits per heavy atom. The van der Waals surface area contributed by atoms with E-state index in [-0.39, 0.29) is 12.3 Å². The molecule has 0 saturated carbocycles. The lowest BCUT2D eigenvalue weighted by atomic mass is 10.1. The lowest BCUT2D eigenvalue weighted by Gasteiger charge is -2.13. The second-order valence-corrected chi connectivity index (χ2v) is 7.63. The largest absolute Gasteiger partial charge is 0.490 e. The SMILES string of the molecule is CCOc1cc(/C=C(/C#N)c2nc3ccc(C)cc3[nH]2)ccc1OCc1cccc([N+](=O)[O-])c1. The van der Waals surface area contributed by atoms with Crippen LogP contribution in [0.25, 0.3) is 22.7 Å². The first-order valence-corrected chi connectivity index (χ1v) is 10.7. The summed E-state index contributed by atoms with van der Waals surface area (Å²) in [5.41, 5.74) is 4.59. The fraction of sp³-hybridized carbons (Fsp3) is 0.154. The molecule has 0 aliphatic heterocycles. The van der Waals surface area contributed by atoms with Crippen LogP contribution in [-0.4, -0.2) is 21.5 Å². The Hall–Kier alpha value is -4.64. The maximum Gasteiger partial charge on any atom is 0.269 e. The number of rotatable bonds is 8. The van der Waals surface area contributed by atoms with E-state index in [0.717, 1.165) is 22.2 Å². The van der Waals surface area contributed by atoms with Gasteiger partial charge in [0.15, 0.2) is 11.5 Å². The zero-order valence-corrected chi connectivity index (χ0v) is 18.7. The molecule has 3 aromatic carbocycles. The number of nitriles is 1. The summed E-state index contributed by atoms with van der Waals surface area (Å²) in [6.07, 6.45) is 1.73. The average Bonchev–Trinajstić information content (AvgIpc) is 3.25. The van der Waals surface area contributed by atoms with E-state index in [2.05, 4.69) is 16.0 Å². The Morgan fingerprint density at radius 2 is 2.00 bits per heavy atom. The fourth-order valence-corrected chi connectivity index (χ4v) is 3.49. The van der Waals surface area contributed by atoms with Crippen LogP contribution in [0.5, 0.6) is 11.5 Å². The molecule has 0 aliphatic carbocycles. The molecule has 1 N–H and O–H groups in total. The first-order chi connectivity index (χ1) is 16.5. The van der Waals surface area contributed by atoms with Crippen molar-refractivity contribution < 1.29 is 14.4 Å². The van der Waals surface area contributed by atoms with Crippen molar-refractivity contribution in [3.63, 3.8) is 0 Å². The van der Waals surface area contributed by atoms with Gasteiger partial charge in [-0.25, -0.2) is 4.98 Å². The Morgan fingerprint density at radius 3 is 2.76 bits per heavy atom. The van der Waals surface area contributed by atoms with E-state index in [1.807, 2.05) is 38.1 Å². The predicted octanol–water partition coefficient (Wildman–Crippen LogP) is 5.82. The van der Waals surface area contributed by atoms with Crippen molar-refractivity contribution in [3.8, 4) is 17.6 Å². The van der Waals surface area contributed by atoms with Crippen molar-refractivity contribution in [3.05, 3.63) is 93.3 Å². The summed E-state index contributed by atoms with van der Waals surface area (Å²) in [7, 11) is 0. The zero-order valence-electron chi connectivity index (χ0n) is 18.7. The van der Waals surface area contributed by atoms with E-state index in [1.165, 1.54) is 12.1 Å². The van der Waals surface area contributed by atoms with Crippen LogP contribution in [0.1, 0.15) is 29.4 Å². The molecule has 4 aromatic rings. The molecule has 0 aliphatic rings. The average molecular weight is 454 g/mol. The summed E-state index contributed by atoms with van der Waals surface area (Å²) in [6.45, 7) is 4.44. The van der Waals surface area contributed by atoms with Gasteiger partial charge in [0.2, 0.25) is 0 Å². The van der Waals surface area contributed by atoms with Crippen molar-refractivity contribution in [2.24, 2.45) is 0 Å². The predicted molar refractivity (Wildman–Crippen MR) is 129 cm³/mol. The van der Waals surface area contributed by atoms with Gasteiger partial charge in [0.05, 0.1) is 28.1 Å². The molecule has 1 heterocycles. The first-order valence-electron chi connectivity index (χ1n) is 10.7. The highest BCUT2D eigenvalue weighted by Gasteiger charge is 2.12. The summed E-state index contributed by atoms with van der Waals surface area (Å²) in [4.78, 5) is 18.3. The van der Waals surface area contributed by atoms with Gasteiger partial charge in [-0.1, -0.05) is 24.3 Å². The molecule has 0 amide bonds. The lowest BCUT2D eigenvalue weighted by molar-refractivity contribution is -0.384. The molecule has 0 bridgehead atoms. The van der Waals surface area contributed by atoms with Crippen LogP contribution in [0, 0.1) is 28.4 Å². The number of nitrogens with zero attached hydrogens (tertiary/aromatic N) is 3. The molecule has 0 unspecified atom stereocenters. The summed E-state index contributed by atoms with van der Waals surface area (Å²) in [5.74, 6) is 1.51. The third-order valence-corrected chi connectivity index (χ3v) is 5.11. The van der Waals surface area contributed by atoms with Gasteiger partial charge in [0.25, 0.3) is 5.69 Å². The molecule has 0 radical (unpaired) electrons. The normalized spacial score (nSPS) is 11.3. The quantitative estimate of drug-likeness (QED) is 0.204. The van der Waals surface area contributed by atoms with Crippen LogP contribution >= 0.6 is 0 Å². The minimum atomic E-state index is -0.438. The van der Waals surface area contributed by atoms with Crippen LogP contribution in [0.2, 0.25) is 0 Å². The molecule has 0 saturated heterocycles. The number of aryl methyl sites for hydroxylation is 1. The number of nitro groups is 1. The standard InChI is InChI=1S/C26H22N4O4/c1-3-33-25-14-18(8-10-24(25)34-16-19-5-4-6-21(13-19)30(31)32)12-20(15-27)26-28-22-9-7-17(2)11-23(22)29-26/h4-14H,3,16H2,1-2H3,(H,28,29)/b20-12-. The molecule has 34 heavy (non-hydrogen) atoms. The maximum atomic E-state index is 11.0. The Kier molecular flexibility index (Phi) is 6.55. The Balaban J connectivity index is 1.59. The number of ether oxygens (including phenoxy) is 2. The highest BCUT2D eigenvalue weighted by Crippen LogP contribution is 2.31. The third-order valence-electron chi connectivity index (χ3n) is 5.11. The summed E-state index contributed by atoms with van der Waals surface area (Å²) in [6, 6.07) is 19.7. The molecule has 170 valence electrons. The van der Waals surface area contributed by atoms with E-state index in [9.17, 15) is 15.4 Å². The second-order valence-electron chi connectivity index (χ2n) is 7.63. The lowest BCUT2D eigenvalue weighted by Crippen LogP contribution is -2.00. The molecule has 0 spiro atoms. The molecule has 0 fully saturated rings. The topological polar surface area (TPSA) is 114 Å². The number of allylic oxidation sites excluding steroid dienone is 1. The number of H-pyrrole nitrogens is 1. The maximum absolute atomic E-state index is 11.0. The van der Waals surface area contributed by atoms with Crippen molar-refractivity contribution in [1.29, 1.82) is 5.26 Å². The number of hydrogen-bond donors (Lipinski definition) is 1. The molecule has 1 aromatic heterocycles. The zero-order chi connectivity index (χ0) is 24.1. The van der Waals surface area contributed by atoms with Gasteiger partial charge in [-0.15, -0.1) is 0 Å². The number of aromatic nitrogens is 2. The van der Waals surface area contributed by atoms with E-state index in [4.69, 9.17) is 9.47 Å². The molecular formula is C26H22N4O4. The van der Waals surface area contributed by atoms with Crippen molar-refractivity contribution in [2.45, 2.75) is 20.5 Å². The summed E-state index contributed by atoms with van der Waals surface area (Å²) >= 11 is 0. The van der Waals surface area contributed by atoms with Gasteiger partial charge in [0, 0.05) is 12.1 Å². The van der Waals surface area contributed by atoms with Gasteiger partial charge in [0.1, 0.15) is 18.5 Å². The molecule has 0 atom stereocenters. The van der Waals surface area contributed by atoms with Crippen molar-refractivity contribution in [1.82, 2.24) is 9.97 Å². The molecular weight excluding hydrogens is 432 g/mol. The highest BCUT2D eigenvalue weighted by molar-refractivity contribution is 5.90. The number of aromatic amines is 1. The summed E-state index contributed by atoms with van der Waals surface area (Å²) in [5, 5.41) is 20.7. The highest BCUT2D eigenvalue weighted by atomic mass is 16.6. The number of nitrogens with one attached hydrogen (secondary N) is 1. The Bertz CT molecular complexity index is 1430. The van der Waals surface area contributed by atoms with Crippen molar-refractivity contribution in [2.75, 3.05) is 6.61 Å². The van der Waals surface area contributed by atoms with Crippen LogP contribution in [-0.2, 0) is 6.61 Å². The number of non-ortho nitro benzene ring substituents is 1. The third kappa shape index (κ3) is 5.05. The van der Waals surface area contributed by atoms with Crippen LogP contribution in [0.4, 0.5) is 5.69 Å². The monoisotopic (exact) mass is 454 g/mol. The van der Waals surface area contributed by atoms with Gasteiger partial charge in [-0.05, 0) is 60.9 Å². The number of nitro benzene ring substituents is 1. The Labute approximate surface area is 196 Å². The number of fused-ring (bicyclic) bond motifs is 1. The first kappa shape index (κ1) is 22.6. The summed E-state index contributed by atoms with van der Waals surface area (Å²) < 4.78 is 11.6. The van der Waals surface area contributed by atoms with Crippen LogP contribution in [0.3, 0.4) is 0 Å². The molecule has 8 nitrogen and oxygen atoms in total. The fourth-order valence-electron chi connectivity index (χ4n) is 3.49. The minimum Gasteiger partial charge on any atom is -0.490 e. The molecule has 4 rings (SSSR count).